The number of carbonyl (C=O) groups excluding carboxylic acids is 1. The average Bonchev–Trinajstić information content (AvgIpc) is 3.33. The van der Waals surface area contributed by atoms with Crippen molar-refractivity contribution in [1.29, 1.82) is 0 Å². The second-order valence-corrected chi connectivity index (χ2v) is 7.46. The maximum absolute atomic E-state index is 13.5. The van der Waals surface area contributed by atoms with Crippen LogP contribution in [0.15, 0.2) is 23.1 Å². The monoisotopic (exact) mass is 324 g/mol. The van der Waals surface area contributed by atoms with Gasteiger partial charge in [0.15, 0.2) is 0 Å². The summed E-state index contributed by atoms with van der Waals surface area (Å²) in [5.41, 5.74) is 0.265. The summed E-state index contributed by atoms with van der Waals surface area (Å²) >= 11 is 1.68. The number of thioether (sulfide) groups is 1. The van der Waals surface area contributed by atoms with Crippen molar-refractivity contribution >= 4 is 17.8 Å². The lowest BCUT2D eigenvalue weighted by atomic mass is 9.97. The Morgan fingerprint density at radius 3 is 2.91 bits per heavy atom. The minimum Gasteiger partial charge on any atom is -0.394 e. The van der Waals surface area contributed by atoms with E-state index in [0.29, 0.717) is 5.92 Å². The molecule has 2 aliphatic rings. The van der Waals surface area contributed by atoms with E-state index in [1.165, 1.54) is 12.1 Å². The molecule has 0 bridgehead atoms. The molecule has 0 saturated heterocycles. The molecule has 0 spiro atoms. The molecule has 1 fully saturated rings. The van der Waals surface area contributed by atoms with Crippen LogP contribution < -0.4 is 10.6 Å². The van der Waals surface area contributed by atoms with Crippen molar-refractivity contribution in [2.24, 2.45) is 5.92 Å². The summed E-state index contributed by atoms with van der Waals surface area (Å²) < 4.78 is 13.5. The summed E-state index contributed by atoms with van der Waals surface area (Å²) in [6, 6.07) is 4.23. The first-order valence-electron chi connectivity index (χ1n) is 7.63. The van der Waals surface area contributed by atoms with Gasteiger partial charge in [-0.3, -0.25) is 0 Å². The molecular formula is C16H21FN2O2S. The fraction of sp³-hybridized carbons (Fsp3) is 0.562. The van der Waals surface area contributed by atoms with Gasteiger partial charge >= 0.3 is 6.03 Å². The molecule has 2 amide bonds. The van der Waals surface area contributed by atoms with Crippen LogP contribution in [0.4, 0.5) is 9.18 Å². The van der Waals surface area contributed by atoms with Gasteiger partial charge in [0.2, 0.25) is 0 Å². The number of halogens is 1. The Bertz CT molecular complexity index is 579. The number of fused-ring (bicyclic) bond motifs is 1. The fourth-order valence-electron chi connectivity index (χ4n) is 2.96. The largest absolute Gasteiger partial charge is 0.394 e. The molecule has 120 valence electrons. The van der Waals surface area contributed by atoms with Gasteiger partial charge in [0.05, 0.1) is 18.2 Å². The molecule has 3 rings (SSSR count). The average molecular weight is 324 g/mol. The van der Waals surface area contributed by atoms with Crippen molar-refractivity contribution in [3.05, 3.63) is 29.6 Å². The molecule has 1 aliphatic heterocycles. The Balaban J connectivity index is 1.69. The van der Waals surface area contributed by atoms with Crippen molar-refractivity contribution < 1.29 is 14.3 Å². The predicted octanol–water partition coefficient (Wildman–Crippen LogP) is 2.82. The van der Waals surface area contributed by atoms with Crippen LogP contribution in [-0.2, 0) is 0 Å². The van der Waals surface area contributed by atoms with E-state index in [4.69, 9.17) is 0 Å². The van der Waals surface area contributed by atoms with Crippen LogP contribution in [0.1, 0.15) is 37.8 Å². The van der Waals surface area contributed by atoms with Gasteiger partial charge in [-0.15, -0.1) is 11.8 Å². The fourth-order valence-corrected chi connectivity index (χ4v) is 4.07. The smallest absolute Gasteiger partial charge is 0.315 e. The van der Waals surface area contributed by atoms with E-state index >= 15 is 0 Å². The molecule has 1 aliphatic carbocycles. The minimum atomic E-state index is -0.571. The minimum absolute atomic E-state index is 0.0726. The van der Waals surface area contributed by atoms with Crippen LogP contribution in [-0.4, -0.2) is 29.0 Å². The highest BCUT2D eigenvalue weighted by Crippen LogP contribution is 2.39. The Hall–Kier alpha value is -1.27. The zero-order valence-corrected chi connectivity index (χ0v) is 13.4. The second kappa shape index (κ2) is 6.08. The van der Waals surface area contributed by atoms with Crippen LogP contribution >= 0.6 is 11.8 Å². The summed E-state index contributed by atoms with van der Waals surface area (Å²) in [4.78, 5) is 13.3. The third-order valence-electron chi connectivity index (χ3n) is 4.52. The van der Waals surface area contributed by atoms with Crippen molar-refractivity contribution in [2.75, 3.05) is 12.4 Å². The molecule has 22 heavy (non-hydrogen) atoms. The molecule has 6 heteroatoms. The number of nitrogens with one attached hydrogen (secondary N) is 2. The Morgan fingerprint density at radius 2 is 2.23 bits per heavy atom. The first-order chi connectivity index (χ1) is 10.5. The highest BCUT2D eigenvalue weighted by atomic mass is 32.2. The quantitative estimate of drug-likeness (QED) is 0.798. The van der Waals surface area contributed by atoms with Crippen molar-refractivity contribution in [3.8, 4) is 0 Å². The zero-order valence-electron chi connectivity index (χ0n) is 12.6. The topological polar surface area (TPSA) is 61.4 Å². The number of carbonyl (C=O) groups is 1. The molecule has 1 heterocycles. The van der Waals surface area contributed by atoms with Gasteiger partial charge in [0, 0.05) is 10.6 Å². The normalized spacial score (nSPS) is 23.3. The summed E-state index contributed by atoms with van der Waals surface area (Å²) in [6.07, 6.45) is 2.84. The molecule has 1 aromatic carbocycles. The van der Waals surface area contributed by atoms with Gasteiger partial charge in [-0.05, 0) is 55.9 Å². The molecule has 2 atom stereocenters. The van der Waals surface area contributed by atoms with Gasteiger partial charge in [-0.2, -0.15) is 0 Å². The third-order valence-corrected chi connectivity index (χ3v) is 5.65. The molecule has 3 N–H and O–H groups in total. The standard InChI is InChI=1S/C16H21FN2O2S/c1-16(9-20,10-2-3-10)19-15(21)18-13-6-7-22-14-5-4-11(17)8-12(13)14/h4-5,8,10,13,20H,2-3,6-7,9H2,1H3,(H2,18,19,21). The molecule has 1 aromatic rings. The zero-order chi connectivity index (χ0) is 15.7. The number of hydrogen-bond acceptors (Lipinski definition) is 3. The number of hydrogen-bond donors (Lipinski definition) is 3. The summed E-state index contributed by atoms with van der Waals surface area (Å²) in [5.74, 6) is 0.949. The van der Waals surface area contributed by atoms with E-state index in [9.17, 15) is 14.3 Å². The number of benzene rings is 1. The van der Waals surface area contributed by atoms with E-state index in [0.717, 1.165) is 35.5 Å². The molecule has 0 aromatic heterocycles. The molecule has 2 unspecified atom stereocenters. The van der Waals surface area contributed by atoms with E-state index < -0.39 is 5.54 Å². The van der Waals surface area contributed by atoms with Crippen LogP contribution in [0.2, 0.25) is 0 Å². The summed E-state index contributed by atoms with van der Waals surface area (Å²) in [5, 5.41) is 15.4. The first-order valence-corrected chi connectivity index (χ1v) is 8.62. The molecule has 1 saturated carbocycles. The van der Waals surface area contributed by atoms with Crippen molar-refractivity contribution in [1.82, 2.24) is 10.6 Å². The van der Waals surface area contributed by atoms with Gasteiger partial charge in [0.1, 0.15) is 5.82 Å². The van der Waals surface area contributed by atoms with E-state index in [-0.39, 0.29) is 24.5 Å². The number of rotatable bonds is 4. The lowest BCUT2D eigenvalue weighted by Gasteiger charge is -2.31. The first kappa shape index (κ1) is 15.6. The predicted molar refractivity (Wildman–Crippen MR) is 84.4 cm³/mol. The summed E-state index contributed by atoms with van der Waals surface area (Å²) in [7, 11) is 0. The Morgan fingerprint density at radius 1 is 1.45 bits per heavy atom. The van der Waals surface area contributed by atoms with Crippen LogP contribution in [0.25, 0.3) is 0 Å². The third kappa shape index (κ3) is 3.22. The maximum Gasteiger partial charge on any atom is 0.315 e. The number of urea groups is 1. The summed E-state index contributed by atoms with van der Waals surface area (Å²) in [6.45, 7) is 1.80. The Kier molecular flexibility index (Phi) is 4.32. The van der Waals surface area contributed by atoms with Gasteiger partial charge in [-0.1, -0.05) is 0 Å². The Labute approximate surface area is 133 Å². The second-order valence-electron chi connectivity index (χ2n) is 6.32. The number of amides is 2. The highest BCUT2D eigenvalue weighted by Gasteiger charge is 2.42. The van der Waals surface area contributed by atoms with Crippen LogP contribution in [0.5, 0.6) is 0 Å². The van der Waals surface area contributed by atoms with Gasteiger partial charge < -0.3 is 15.7 Å². The van der Waals surface area contributed by atoms with Crippen LogP contribution in [0, 0.1) is 11.7 Å². The van der Waals surface area contributed by atoms with Gasteiger partial charge in [0.25, 0.3) is 0 Å². The van der Waals surface area contributed by atoms with E-state index in [1.807, 2.05) is 6.92 Å². The lowest BCUT2D eigenvalue weighted by Crippen LogP contribution is -2.54. The SMILES string of the molecule is CC(CO)(NC(=O)NC1CCSc2ccc(F)cc21)C1CC1. The molecule has 0 radical (unpaired) electrons. The maximum atomic E-state index is 13.5. The van der Waals surface area contributed by atoms with Crippen LogP contribution in [0.3, 0.4) is 0 Å². The van der Waals surface area contributed by atoms with Gasteiger partial charge in [-0.25, -0.2) is 9.18 Å². The molecule has 4 nitrogen and oxygen atoms in total. The van der Waals surface area contributed by atoms with Crippen molar-refractivity contribution in [2.45, 2.75) is 42.7 Å². The highest BCUT2D eigenvalue weighted by molar-refractivity contribution is 7.99. The van der Waals surface area contributed by atoms with E-state index in [1.54, 1.807) is 17.8 Å². The molecular weight excluding hydrogens is 303 g/mol. The van der Waals surface area contributed by atoms with E-state index in [2.05, 4.69) is 10.6 Å². The lowest BCUT2D eigenvalue weighted by molar-refractivity contribution is 0.154. The number of aliphatic hydroxyl groups is 1. The van der Waals surface area contributed by atoms with Crippen molar-refractivity contribution in [3.63, 3.8) is 0 Å². The number of aliphatic hydroxyl groups excluding tert-OH is 1.